The first-order chi connectivity index (χ1) is 7.79. The van der Waals surface area contributed by atoms with E-state index in [0.29, 0.717) is 0 Å². The average molecular weight is 218 g/mol. The lowest BCUT2D eigenvalue weighted by Crippen LogP contribution is -2.21. The van der Waals surface area contributed by atoms with Crippen LogP contribution in [-0.2, 0) is 11.2 Å². The zero-order valence-corrected chi connectivity index (χ0v) is 8.76. The van der Waals surface area contributed by atoms with E-state index in [1.807, 2.05) is 42.8 Å². The molecule has 4 heteroatoms. The third kappa shape index (κ3) is 5.49. The predicted molar refractivity (Wildman–Crippen MR) is 62.3 cm³/mol. The third-order valence-electron chi connectivity index (χ3n) is 1.75. The molecule has 1 heterocycles. The van der Waals surface area contributed by atoms with Crippen LogP contribution in [0.2, 0.25) is 0 Å². The number of carbonyl (C=O) groups is 1. The highest BCUT2D eigenvalue weighted by molar-refractivity contribution is 5.70. The Balaban J connectivity index is 0.000000181. The molecular formula is C12H14N2O2. The Labute approximate surface area is 94.3 Å². The van der Waals surface area contributed by atoms with Gasteiger partial charge in [-0.15, -0.1) is 0 Å². The summed E-state index contributed by atoms with van der Waals surface area (Å²) in [5, 5.41) is 8.37. The molecule has 4 nitrogen and oxygen atoms in total. The molecule has 0 atom stereocenters. The highest BCUT2D eigenvalue weighted by Crippen LogP contribution is 1.98. The molecule has 1 aromatic carbocycles. The zero-order valence-electron chi connectivity index (χ0n) is 8.76. The Kier molecular flexibility index (Phi) is 5.27. The fraction of sp³-hybridized carbons (Fsp3) is 0.0833. The molecule has 0 unspecified atom stereocenters. The fourth-order valence-electron chi connectivity index (χ4n) is 1.07. The zero-order chi connectivity index (χ0) is 11.6. The Morgan fingerprint density at radius 3 is 2.00 bits per heavy atom. The minimum atomic E-state index is -0.786. The van der Waals surface area contributed by atoms with E-state index in [0.717, 1.165) is 5.56 Å². The predicted octanol–water partition coefficient (Wildman–Crippen LogP) is 1.44. The number of aliphatic carboxylic acids is 1. The van der Waals surface area contributed by atoms with Crippen LogP contribution < -0.4 is 10.9 Å². The molecule has 1 aliphatic heterocycles. The van der Waals surface area contributed by atoms with E-state index in [9.17, 15) is 4.79 Å². The molecule has 3 N–H and O–H groups in total. The molecule has 84 valence electrons. The van der Waals surface area contributed by atoms with Gasteiger partial charge in [0.25, 0.3) is 0 Å². The Bertz CT molecular complexity index is 360. The lowest BCUT2D eigenvalue weighted by atomic mass is 10.2. The van der Waals surface area contributed by atoms with Gasteiger partial charge in [0, 0.05) is 12.4 Å². The van der Waals surface area contributed by atoms with Crippen LogP contribution in [0.1, 0.15) is 5.56 Å². The van der Waals surface area contributed by atoms with Gasteiger partial charge in [-0.2, -0.15) is 0 Å². The van der Waals surface area contributed by atoms with Crippen LogP contribution in [0.3, 0.4) is 0 Å². The Hall–Kier alpha value is -2.23. The Morgan fingerprint density at radius 2 is 1.62 bits per heavy atom. The normalized spacial score (nSPS) is 11.8. The topological polar surface area (TPSA) is 61.4 Å². The first kappa shape index (κ1) is 11.8. The van der Waals surface area contributed by atoms with Crippen molar-refractivity contribution in [2.24, 2.45) is 0 Å². The maximum Gasteiger partial charge on any atom is 0.307 e. The number of carboxylic acids is 1. The second-order valence-corrected chi connectivity index (χ2v) is 3.06. The molecule has 1 aromatic rings. The molecule has 0 radical (unpaired) electrons. The molecule has 1 aliphatic rings. The van der Waals surface area contributed by atoms with Gasteiger partial charge in [-0.1, -0.05) is 30.3 Å². The van der Waals surface area contributed by atoms with Crippen LogP contribution in [0.15, 0.2) is 54.9 Å². The van der Waals surface area contributed by atoms with Gasteiger partial charge in [-0.3, -0.25) is 4.79 Å². The summed E-state index contributed by atoms with van der Waals surface area (Å²) >= 11 is 0. The van der Waals surface area contributed by atoms with Crippen LogP contribution in [-0.4, -0.2) is 11.1 Å². The minimum absolute atomic E-state index is 0.112. The summed E-state index contributed by atoms with van der Waals surface area (Å²) in [4.78, 5) is 10.2. The van der Waals surface area contributed by atoms with Gasteiger partial charge in [-0.05, 0) is 17.7 Å². The molecule has 0 saturated carbocycles. The van der Waals surface area contributed by atoms with Gasteiger partial charge >= 0.3 is 5.97 Å². The summed E-state index contributed by atoms with van der Waals surface area (Å²) in [6.45, 7) is 0. The molecule has 0 spiro atoms. The number of carboxylic acid groups (broad SMARTS) is 1. The van der Waals surface area contributed by atoms with Gasteiger partial charge < -0.3 is 16.0 Å². The van der Waals surface area contributed by atoms with Crippen molar-refractivity contribution in [3.63, 3.8) is 0 Å². The van der Waals surface area contributed by atoms with Gasteiger partial charge in [0.2, 0.25) is 0 Å². The standard InChI is InChI=1S/C8H8O2.C4H6N2/c9-8(10)6-7-4-2-1-3-5-7;1-2-4-6-5-3-1/h1-5H,6H2,(H,9,10);1-6H. The van der Waals surface area contributed by atoms with Gasteiger partial charge in [-0.25, -0.2) is 0 Å². The van der Waals surface area contributed by atoms with E-state index in [2.05, 4.69) is 10.9 Å². The van der Waals surface area contributed by atoms with E-state index in [-0.39, 0.29) is 6.42 Å². The summed E-state index contributed by atoms with van der Waals surface area (Å²) in [5.41, 5.74) is 6.38. The monoisotopic (exact) mass is 218 g/mol. The summed E-state index contributed by atoms with van der Waals surface area (Å²) in [6.07, 6.45) is 7.58. The van der Waals surface area contributed by atoms with E-state index >= 15 is 0 Å². The SMILES string of the molecule is C1=CNNC=C1.O=C(O)Cc1ccccc1. The second kappa shape index (κ2) is 7.11. The van der Waals surface area contributed by atoms with Crippen molar-refractivity contribution in [1.29, 1.82) is 0 Å². The van der Waals surface area contributed by atoms with Crippen molar-refractivity contribution in [2.75, 3.05) is 0 Å². The van der Waals surface area contributed by atoms with E-state index in [1.165, 1.54) is 0 Å². The summed E-state index contributed by atoms with van der Waals surface area (Å²) in [7, 11) is 0. The molecule has 0 amide bonds. The quantitative estimate of drug-likeness (QED) is 0.703. The molecule has 16 heavy (non-hydrogen) atoms. The van der Waals surface area contributed by atoms with Gasteiger partial charge in [0.15, 0.2) is 0 Å². The first-order valence-corrected chi connectivity index (χ1v) is 4.87. The largest absolute Gasteiger partial charge is 0.481 e. The van der Waals surface area contributed by atoms with Gasteiger partial charge in [0.1, 0.15) is 0 Å². The first-order valence-electron chi connectivity index (χ1n) is 4.87. The number of hydrazine groups is 1. The number of allylic oxidation sites excluding steroid dienone is 2. The van der Waals surface area contributed by atoms with Crippen molar-refractivity contribution in [3.05, 3.63) is 60.4 Å². The van der Waals surface area contributed by atoms with Crippen LogP contribution in [0.5, 0.6) is 0 Å². The number of hydrogen-bond donors (Lipinski definition) is 3. The van der Waals surface area contributed by atoms with E-state index in [1.54, 1.807) is 12.1 Å². The van der Waals surface area contributed by atoms with Gasteiger partial charge in [0.05, 0.1) is 6.42 Å². The molecule has 0 fully saturated rings. The maximum atomic E-state index is 10.2. The lowest BCUT2D eigenvalue weighted by Gasteiger charge is -1.99. The second-order valence-electron chi connectivity index (χ2n) is 3.06. The fourth-order valence-corrected chi connectivity index (χ4v) is 1.07. The summed E-state index contributed by atoms with van der Waals surface area (Å²) in [6, 6.07) is 9.13. The van der Waals surface area contributed by atoms with Crippen molar-refractivity contribution < 1.29 is 9.90 Å². The van der Waals surface area contributed by atoms with Crippen molar-refractivity contribution in [3.8, 4) is 0 Å². The van der Waals surface area contributed by atoms with Crippen molar-refractivity contribution >= 4 is 5.97 Å². The number of hydrogen-bond acceptors (Lipinski definition) is 3. The third-order valence-corrected chi connectivity index (χ3v) is 1.75. The molecule has 0 aliphatic carbocycles. The molecule has 2 rings (SSSR count). The number of rotatable bonds is 2. The van der Waals surface area contributed by atoms with E-state index in [4.69, 9.17) is 5.11 Å². The maximum absolute atomic E-state index is 10.2. The molecule has 0 saturated heterocycles. The van der Waals surface area contributed by atoms with E-state index < -0.39 is 5.97 Å². The minimum Gasteiger partial charge on any atom is -0.481 e. The smallest absolute Gasteiger partial charge is 0.307 e. The number of benzene rings is 1. The van der Waals surface area contributed by atoms with Crippen LogP contribution in [0.4, 0.5) is 0 Å². The van der Waals surface area contributed by atoms with Crippen LogP contribution in [0.25, 0.3) is 0 Å². The molecule has 0 bridgehead atoms. The summed E-state index contributed by atoms with van der Waals surface area (Å²) < 4.78 is 0. The molecule has 0 aromatic heterocycles. The van der Waals surface area contributed by atoms with Crippen molar-refractivity contribution in [1.82, 2.24) is 10.9 Å². The highest BCUT2D eigenvalue weighted by atomic mass is 16.4. The highest BCUT2D eigenvalue weighted by Gasteiger charge is 1.96. The van der Waals surface area contributed by atoms with Crippen molar-refractivity contribution in [2.45, 2.75) is 6.42 Å². The summed E-state index contributed by atoms with van der Waals surface area (Å²) in [5.74, 6) is -0.786. The molecular weight excluding hydrogens is 204 g/mol. The Morgan fingerprint density at radius 1 is 1.06 bits per heavy atom. The number of nitrogens with one attached hydrogen (secondary N) is 2. The van der Waals surface area contributed by atoms with Crippen LogP contribution >= 0.6 is 0 Å². The lowest BCUT2D eigenvalue weighted by molar-refractivity contribution is -0.136. The van der Waals surface area contributed by atoms with Crippen LogP contribution in [0, 0.1) is 0 Å². The average Bonchev–Trinajstić information content (AvgIpc) is 2.32.